The van der Waals surface area contributed by atoms with Crippen molar-refractivity contribution >= 4 is 20.9 Å². The lowest BCUT2D eigenvalue weighted by Crippen LogP contribution is -2.35. The fourth-order valence-corrected chi connectivity index (χ4v) is 5.85. The van der Waals surface area contributed by atoms with Gasteiger partial charge in [-0.2, -0.15) is 0 Å². The summed E-state index contributed by atoms with van der Waals surface area (Å²) in [7, 11) is -1.70. The molecule has 0 bridgehead atoms. The third-order valence-electron chi connectivity index (χ3n) is 6.37. The first-order valence-electron chi connectivity index (χ1n) is 12.6. The molecule has 4 rings (SSSR count). The number of aryl methyl sites for hydroxylation is 1. The van der Waals surface area contributed by atoms with Crippen molar-refractivity contribution in [1.82, 2.24) is 13.9 Å². The lowest BCUT2D eigenvalue weighted by Gasteiger charge is -2.22. The van der Waals surface area contributed by atoms with Gasteiger partial charge in [-0.3, -0.25) is 9.78 Å². The summed E-state index contributed by atoms with van der Waals surface area (Å²) in [5.41, 5.74) is 2.63. The Morgan fingerprint density at radius 2 is 1.70 bits per heavy atom. The molecule has 0 amide bonds. The third-order valence-corrected chi connectivity index (χ3v) is 8.23. The first-order valence-corrected chi connectivity index (χ1v) is 14.2. The average Bonchev–Trinajstić information content (AvgIpc) is 2.90. The molecular weight excluding hydrogens is 486 g/mol. The zero-order valence-corrected chi connectivity index (χ0v) is 21.9. The summed E-state index contributed by atoms with van der Waals surface area (Å²) in [5.74, 6) is 0.757. The average molecular weight is 520 g/mol. The van der Waals surface area contributed by atoms with Crippen molar-refractivity contribution < 1.29 is 13.2 Å². The first-order chi connectivity index (χ1) is 17.9. The summed E-state index contributed by atoms with van der Waals surface area (Å²) in [6.07, 6.45) is 6.55. The maximum atomic E-state index is 13.2. The van der Waals surface area contributed by atoms with Gasteiger partial charge in [0.15, 0.2) is 0 Å². The van der Waals surface area contributed by atoms with Crippen LogP contribution < -0.4 is 10.3 Å². The first kappa shape index (κ1) is 26.6. The van der Waals surface area contributed by atoms with Crippen molar-refractivity contribution in [2.45, 2.75) is 31.4 Å². The molecule has 2 aromatic carbocycles. The highest BCUT2D eigenvalue weighted by Gasteiger charge is 2.22. The molecule has 0 aliphatic heterocycles. The lowest BCUT2D eigenvalue weighted by molar-refractivity contribution is 0.301. The highest BCUT2D eigenvalue weighted by atomic mass is 32.2. The minimum absolute atomic E-state index is 0.00243. The van der Waals surface area contributed by atoms with Crippen LogP contribution in [-0.2, 0) is 29.2 Å². The molecule has 0 radical (unpaired) electrons. The number of benzene rings is 2. The zero-order chi connectivity index (χ0) is 26.1. The summed E-state index contributed by atoms with van der Waals surface area (Å²) in [6.45, 7) is 1.44. The van der Waals surface area contributed by atoms with Crippen molar-refractivity contribution in [3.63, 3.8) is 0 Å². The highest BCUT2D eigenvalue weighted by Crippen LogP contribution is 2.20. The molecule has 0 fully saturated rings. The molecule has 2 heterocycles. The van der Waals surface area contributed by atoms with Crippen LogP contribution in [0.5, 0.6) is 5.75 Å². The van der Waals surface area contributed by atoms with Crippen molar-refractivity contribution in [1.29, 1.82) is 0 Å². The predicted molar refractivity (Wildman–Crippen MR) is 147 cm³/mol. The Morgan fingerprint density at radius 3 is 2.49 bits per heavy atom. The molecule has 0 N–H and O–H groups in total. The lowest BCUT2D eigenvalue weighted by atomic mass is 10.2. The second-order valence-corrected chi connectivity index (χ2v) is 11.1. The summed E-state index contributed by atoms with van der Waals surface area (Å²) in [4.78, 5) is 15.9. The Bertz CT molecular complexity index is 1460. The standard InChI is InChI=1S/C29H33N3O4S/c1-31-28-14-13-27(21-26(28)12-15-29(31)33)36-20-7-3-6-18-32(19-16-24-11-8-17-30-22-24)37(34,35)23-25-9-4-2-5-10-25/h2,4-5,8-15,17,21-22H,3,6-7,16,18-20,23H2,1H3. The van der Waals surface area contributed by atoms with E-state index in [0.29, 0.717) is 26.1 Å². The van der Waals surface area contributed by atoms with E-state index >= 15 is 0 Å². The van der Waals surface area contributed by atoms with E-state index < -0.39 is 10.0 Å². The number of fused-ring (bicyclic) bond motifs is 1. The van der Waals surface area contributed by atoms with Crippen LogP contribution in [0.3, 0.4) is 0 Å². The zero-order valence-electron chi connectivity index (χ0n) is 21.1. The second-order valence-electron chi connectivity index (χ2n) is 9.11. The number of sulfonamides is 1. The molecular formula is C29H33N3O4S. The summed E-state index contributed by atoms with van der Waals surface area (Å²) >= 11 is 0. The van der Waals surface area contributed by atoms with Crippen molar-refractivity contribution in [3.05, 3.63) is 107 Å². The largest absolute Gasteiger partial charge is 0.494 e. The summed E-state index contributed by atoms with van der Waals surface area (Å²) < 4.78 is 35.6. The number of aromatic nitrogens is 2. The molecule has 0 unspecified atom stereocenters. The Balaban J connectivity index is 1.29. The van der Waals surface area contributed by atoms with Gasteiger partial charge in [0.1, 0.15) is 5.75 Å². The fraction of sp³-hybridized carbons (Fsp3) is 0.310. The van der Waals surface area contributed by atoms with Crippen LogP contribution in [0.1, 0.15) is 30.4 Å². The van der Waals surface area contributed by atoms with Gasteiger partial charge in [-0.25, -0.2) is 12.7 Å². The van der Waals surface area contributed by atoms with Gasteiger partial charge in [0.05, 0.1) is 17.9 Å². The monoisotopic (exact) mass is 519 g/mol. The molecule has 8 heteroatoms. The van der Waals surface area contributed by atoms with E-state index in [9.17, 15) is 13.2 Å². The van der Waals surface area contributed by atoms with E-state index in [1.807, 2.05) is 60.7 Å². The number of rotatable bonds is 13. The second kappa shape index (κ2) is 12.7. The van der Waals surface area contributed by atoms with Crippen LogP contribution >= 0.6 is 0 Å². The normalized spacial score (nSPS) is 11.7. The molecule has 0 saturated carbocycles. The van der Waals surface area contributed by atoms with Crippen LogP contribution in [0, 0.1) is 0 Å². The van der Waals surface area contributed by atoms with Crippen LogP contribution in [0.25, 0.3) is 10.9 Å². The molecule has 4 aromatic rings. The van der Waals surface area contributed by atoms with Crippen molar-refractivity contribution in [3.8, 4) is 5.75 Å². The molecule has 194 valence electrons. The number of hydrogen-bond donors (Lipinski definition) is 0. The van der Waals surface area contributed by atoms with E-state index in [1.165, 1.54) is 0 Å². The molecule has 2 aromatic heterocycles. The van der Waals surface area contributed by atoms with Crippen LogP contribution in [0.4, 0.5) is 0 Å². The van der Waals surface area contributed by atoms with E-state index in [1.54, 1.807) is 40.4 Å². The minimum atomic E-state index is -3.45. The smallest absolute Gasteiger partial charge is 0.250 e. The predicted octanol–water partition coefficient (Wildman–Crippen LogP) is 4.56. The Hall–Kier alpha value is -3.49. The third kappa shape index (κ3) is 7.50. The molecule has 0 aliphatic rings. The number of hydrogen-bond acceptors (Lipinski definition) is 5. The minimum Gasteiger partial charge on any atom is -0.494 e. The number of unbranched alkanes of at least 4 members (excludes halogenated alkanes) is 2. The van der Waals surface area contributed by atoms with Gasteiger partial charge in [0.2, 0.25) is 10.0 Å². The quantitative estimate of drug-likeness (QED) is 0.242. The Labute approximate surface area is 218 Å². The van der Waals surface area contributed by atoms with E-state index in [4.69, 9.17) is 4.74 Å². The van der Waals surface area contributed by atoms with Gasteiger partial charge >= 0.3 is 0 Å². The fourth-order valence-electron chi connectivity index (χ4n) is 4.28. The summed E-state index contributed by atoms with van der Waals surface area (Å²) in [6, 6.07) is 22.2. The Kier molecular flexibility index (Phi) is 9.09. The van der Waals surface area contributed by atoms with Crippen LogP contribution in [0.2, 0.25) is 0 Å². The van der Waals surface area contributed by atoms with Gasteiger partial charge in [-0.15, -0.1) is 0 Å². The SMILES string of the molecule is Cn1c(=O)ccc2cc(OCCCCCN(CCc3cccnc3)S(=O)(=O)Cc3ccccc3)ccc21. The van der Waals surface area contributed by atoms with Crippen molar-refractivity contribution in [2.75, 3.05) is 19.7 Å². The van der Waals surface area contributed by atoms with Crippen molar-refractivity contribution in [2.24, 2.45) is 7.05 Å². The molecule has 0 aliphatic carbocycles. The molecule has 0 atom stereocenters. The molecule has 7 nitrogen and oxygen atoms in total. The van der Waals surface area contributed by atoms with E-state index in [2.05, 4.69) is 4.98 Å². The number of pyridine rings is 2. The van der Waals surface area contributed by atoms with Gasteiger partial charge in [-0.1, -0.05) is 36.4 Å². The van der Waals surface area contributed by atoms with Gasteiger partial charge in [-0.05, 0) is 67.1 Å². The molecule has 0 saturated heterocycles. The number of ether oxygens (including phenoxy) is 1. The maximum absolute atomic E-state index is 13.2. The Morgan fingerprint density at radius 1 is 0.892 bits per heavy atom. The summed E-state index contributed by atoms with van der Waals surface area (Å²) in [5, 5.41) is 0.951. The topological polar surface area (TPSA) is 81.5 Å². The van der Waals surface area contributed by atoms with Crippen LogP contribution in [-0.4, -0.2) is 42.0 Å². The van der Waals surface area contributed by atoms with Gasteiger partial charge in [0, 0.05) is 44.0 Å². The van der Waals surface area contributed by atoms with Crippen LogP contribution in [0.15, 0.2) is 90.0 Å². The van der Waals surface area contributed by atoms with Gasteiger partial charge in [0.25, 0.3) is 5.56 Å². The maximum Gasteiger partial charge on any atom is 0.250 e. The number of nitrogens with zero attached hydrogens (tertiary/aromatic N) is 3. The van der Waals surface area contributed by atoms with E-state index in [-0.39, 0.29) is 11.3 Å². The van der Waals surface area contributed by atoms with E-state index in [0.717, 1.165) is 47.0 Å². The van der Waals surface area contributed by atoms with Gasteiger partial charge < -0.3 is 9.30 Å². The highest BCUT2D eigenvalue weighted by molar-refractivity contribution is 7.88. The molecule has 37 heavy (non-hydrogen) atoms. The molecule has 0 spiro atoms.